The first-order valence-electron chi connectivity index (χ1n) is 6.37. The van der Waals surface area contributed by atoms with Gasteiger partial charge in [-0.05, 0) is 18.9 Å². The molecule has 20 heavy (non-hydrogen) atoms. The molecule has 1 aromatic heterocycles. The van der Waals surface area contributed by atoms with E-state index in [9.17, 15) is 14.4 Å². The number of carbonyl (C=O) groups excluding carboxylic acids is 1. The second-order valence-electron chi connectivity index (χ2n) is 4.71. The monoisotopic (exact) mass is 298 g/mol. The van der Waals surface area contributed by atoms with Crippen LogP contribution in [0.15, 0.2) is 23.1 Å². The van der Waals surface area contributed by atoms with Crippen LogP contribution in [0.5, 0.6) is 0 Å². The SMILES string of the molecule is O=C(O)C1CCCN1C(=O)CCn1cc(Cl)ccc1=O. The van der Waals surface area contributed by atoms with Crippen molar-refractivity contribution in [3.05, 3.63) is 33.7 Å². The number of aromatic nitrogens is 1. The molecule has 1 unspecified atom stereocenters. The van der Waals surface area contributed by atoms with Crippen molar-refractivity contribution < 1.29 is 14.7 Å². The highest BCUT2D eigenvalue weighted by Gasteiger charge is 2.33. The first-order valence-corrected chi connectivity index (χ1v) is 6.75. The highest BCUT2D eigenvalue weighted by molar-refractivity contribution is 6.30. The van der Waals surface area contributed by atoms with Gasteiger partial charge in [0, 0.05) is 31.8 Å². The molecule has 7 heteroatoms. The first kappa shape index (κ1) is 14.6. The summed E-state index contributed by atoms with van der Waals surface area (Å²) in [5.41, 5.74) is -0.238. The molecular weight excluding hydrogens is 284 g/mol. The van der Waals surface area contributed by atoms with E-state index in [0.29, 0.717) is 24.4 Å². The van der Waals surface area contributed by atoms with Crippen LogP contribution in [-0.2, 0) is 16.1 Å². The molecule has 108 valence electrons. The number of carboxylic acids is 1. The van der Waals surface area contributed by atoms with Gasteiger partial charge in [0.25, 0.3) is 5.56 Å². The van der Waals surface area contributed by atoms with Crippen molar-refractivity contribution in [2.24, 2.45) is 0 Å². The summed E-state index contributed by atoms with van der Waals surface area (Å²) < 4.78 is 1.35. The van der Waals surface area contributed by atoms with E-state index in [4.69, 9.17) is 16.7 Å². The molecule has 1 saturated heterocycles. The fourth-order valence-corrected chi connectivity index (χ4v) is 2.54. The van der Waals surface area contributed by atoms with Gasteiger partial charge in [-0.2, -0.15) is 0 Å². The Labute approximate surface area is 120 Å². The second-order valence-corrected chi connectivity index (χ2v) is 5.15. The molecule has 0 bridgehead atoms. The maximum Gasteiger partial charge on any atom is 0.326 e. The van der Waals surface area contributed by atoms with E-state index in [2.05, 4.69) is 0 Å². The molecule has 1 amide bonds. The van der Waals surface area contributed by atoms with Crippen LogP contribution < -0.4 is 5.56 Å². The zero-order valence-electron chi connectivity index (χ0n) is 10.8. The van der Waals surface area contributed by atoms with E-state index in [0.717, 1.165) is 0 Å². The number of rotatable bonds is 4. The lowest BCUT2D eigenvalue weighted by Crippen LogP contribution is -2.41. The Kier molecular flexibility index (Phi) is 4.44. The van der Waals surface area contributed by atoms with Crippen LogP contribution >= 0.6 is 11.6 Å². The predicted octanol–water partition coefficient (Wildman–Crippen LogP) is 0.967. The third-order valence-corrected chi connectivity index (χ3v) is 3.60. The summed E-state index contributed by atoms with van der Waals surface area (Å²) in [6.45, 7) is 0.654. The van der Waals surface area contributed by atoms with E-state index in [1.807, 2.05) is 0 Å². The summed E-state index contributed by atoms with van der Waals surface area (Å²) in [5.74, 6) is -1.22. The van der Waals surface area contributed by atoms with Crippen molar-refractivity contribution in [3.8, 4) is 0 Å². The predicted molar refractivity (Wildman–Crippen MR) is 72.7 cm³/mol. The number of nitrogens with zero attached hydrogens (tertiary/aromatic N) is 2. The molecule has 2 rings (SSSR count). The lowest BCUT2D eigenvalue weighted by atomic mass is 10.2. The molecule has 0 saturated carbocycles. The van der Waals surface area contributed by atoms with Crippen molar-refractivity contribution >= 4 is 23.5 Å². The van der Waals surface area contributed by atoms with Gasteiger partial charge in [-0.1, -0.05) is 11.6 Å². The quantitative estimate of drug-likeness (QED) is 0.898. The number of aliphatic carboxylic acids is 1. The van der Waals surface area contributed by atoms with Crippen LogP contribution in [0.25, 0.3) is 0 Å². The molecule has 1 fully saturated rings. The Morgan fingerprint density at radius 3 is 2.85 bits per heavy atom. The number of halogens is 1. The standard InChI is InChI=1S/C13H15ClN2O4/c14-9-3-4-11(17)15(8-9)7-5-12(18)16-6-1-2-10(16)13(19)20/h3-4,8,10H,1-2,5-7H2,(H,19,20). The summed E-state index contributed by atoms with van der Waals surface area (Å²) in [5, 5.41) is 9.45. The van der Waals surface area contributed by atoms with Crippen LogP contribution in [0.4, 0.5) is 0 Å². The van der Waals surface area contributed by atoms with Crippen molar-refractivity contribution in [1.82, 2.24) is 9.47 Å². The minimum absolute atomic E-state index is 0.0873. The van der Waals surface area contributed by atoms with E-state index < -0.39 is 12.0 Å². The molecule has 1 atom stereocenters. The minimum Gasteiger partial charge on any atom is -0.480 e. The molecule has 1 N–H and O–H groups in total. The molecule has 0 aliphatic carbocycles. The number of amides is 1. The number of carbonyl (C=O) groups is 2. The van der Waals surface area contributed by atoms with Crippen LogP contribution in [0.1, 0.15) is 19.3 Å². The maximum absolute atomic E-state index is 12.0. The summed E-state index contributed by atoms with van der Waals surface area (Å²) in [4.78, 5) is 36.0. The maximum atomic E-state index is 12.0. The third-order valence-electron chi connectivity index (χ3n) is 3.37. The van der Waals surface area contributed by atoms with Crippen molar-refractivity contribution in [2.75, 3.05) is 6.54 Å². The molecule has 6 nitrogen and oxygen atoms in total. The van der Waals surface area contributed by atoms with Gasteiger partial charge in [-0.3, -0.25) is 9.59 Å². The molecule has 0 spiro atoms. The molecule has 1 aliphatic heterocycles. The third kappa shape index (κ3) is 3.19. The fourth-order valence-electron chi connectivity index (χ4n) is 2.36. The Morgan fingerprint density at radius 2 is 2.15 bits per heavy atom. The number of likely N-dealkylation sites (tertiary alicyclic amines) is 1. The van der Waals surface area contributed by atoms with Gasteiger partial charge in [-0.25, -0.2) is 4.79 Å². The van der Waals surface area contributed by atoms with Gasteiger partial charge < -0.3 is 14.6 Å². The summed E-state index contributed by atoms with van der Waals surface area (Å²) >= 11 is 5.79. The van der Waals surface area contributed by atoms with E-state index >= 15 is 0 Å². The smallest absolute Gasteiger partial charge is 0.326 e. The average Bonchev–Trinajstić information content (AvgIpc) is 2.89. The molecule has 1 aliphatic rings. The molecule has 0 aromatic carbocycles. The second kappa shape index (κ2) is 6.09. The number of pyridine rings is 1. The summed E-state index contributed by atoms with van der Waals surface area (Å²) in [6.07, 6.45) is 2.73. The Hall–Kier alpha value is -1.82. The van der Waals surface area contributed by atoms with Crippen molar-refractivity contribution in [1.29, 1.82) is 0 Å². The lowest BCUT2D eigenvalue weighted by molar-refractivity contribution is -0.148. The highest BCUT2D eigenvalue weighted by atomic mass is 35.5. The van der Waals surface area contributed by atoms with Gasteiger partial charge >= 0.3 is 5.97 Å². The highest BCUT2D eigenvalue weighted by Crippen LogP contribution is 2.18. The molecule has 2 heterocycles. The minimum atomic E-state index is -0.976. The molecule has 0 radical (unpaired) electrons. The fraction of sp³-hybridized carbons (Fsp3) is 0.462. The van der Waals surface area contributed by atoms with E-state index in [1.54, 1.807) is 0 Å². The van der Waals surface area contributed by atoms with Crippen LogP contribution in [0.3, 0.4) is 0 Å². The largest absolute Gasteiger partial charge is 0.480 e. The van der Waals surface area contributed by atoms with E-state index in [-0.39, 0.29) is 24.4 Å². The topological polar surface area (TPSA) is 79.6 Å². The van der Waals surface area contributed by atoms with E-state index in [1.165, 1.54) is 27.8 Å². The number of carboxylic acid groups (broad SMARTS) is 1. The van der Waals surface area contributed by atoms with Gasteiger partial charge in [0.2, 0.25) is 5.91 Å². The molecular formula is C13H15ClN2O4. The molecule has 1 aromatic rings. The zero-order valence-corrected chi connectivity index (χ0v) is 11.5. The normalized spacial score (nSPS) is 18.2. The zero-order chi connectivity index (χ0) is 14.7. The van der Waals surface area contributed by atoms with Crippen LogP contribution in [0.2, 0.25) is 5.02 Å². The Balaban J connectivity index is 2.00. The lowest BCUT2D eigenvalue weighted by Gasteiger charge is -2.21. The van der Waals surface area contributed by atoms with Gasteiger partial charge in [-0.15, -0.1) is 0 Å². The Bertz CT molecular complexity index is 584. The number of aryl methyl sites for hydroxylation is 1. The van der Waals surface area contributed by atoms with Gasteiger partial charge in [0.05, 0.1) is 5.02 Å². The average molecular weight is 299 g/mol. The van der Waals surface area contributed by atoms with Crippen molar-refractivity contribution in [3.63, 3.8) is 0 Å². The summed E-state index contributed by atoms with van der Waals surface area (Å²) in [7, 11) is 0. The van der Waals surface area contributed by atoms with Crippen molar-refractivity contribution in [2.45, 2.75) is 31.8 Å². The van der Waals surface area contributed by atoms with Crippen LogP contribution in [-0.4, -0.2) is 39.0 Å². The van der Waals surface area contributed by atoms with Gasteiger partial charge in [0.1, 0.15) is 6.04 Å². The number of hydrogen-bond acceptors (Lipinski definition) is 3. The summed E-state index contributed by atoms with van der Waals surface area (Å²) in [6, 6.07) is 2.09. The Morgan fingerprint density at radius 1 is 1.40 bits per heavy atom. The van der Waals surface area contributed by atoms with Crippen LogP contribution in [0, 0.1) is 0 Å². The first-order chi connectivity index (χ1) is 9.49. The number of hydrogen-bond donors (Lipinski definition) is 1. The van der Waals surface area contributed by atoms with Gasteiger partial charge in [0.15, 0.2) is 0 Å².